The Morgan fingerprint density at radius 2 is 1.66 bits per heavy atom. The summed E-state index contributed by atoms with van der Waals surface area (Å²) in [5.41, 5.74) is 1.72. The summed E-state index contributed by atoms with van der Waals surface area (Å²) in [7, 11) is 0. The maximum absolute atomic E-state index is 12.3. The van der Waals surface area contributed by atoms with Crippen LogP contribution in [0.15, 0.2) is 57.7 Å². The van der Waals surface area contributed by atoms with Gasteiger partial charge in [0.05, 0.1) is 0 Å². The second kappa shape index (κ2) is 9.78. The molecule has 1 atom stereocenters. The Bertz CT molecular complexity index is 1220. The predicted octanol–water partition coefficient (Wildman–Crippen LogP) is 3.01. The summed E-state index contributed by atoms with van der Waals surface area (Å²) < 4.78 is 15.6. The maximum Gasteiger partial charge on any atom is 0.344 e. The van der Waals surface area contributed by atoms with Crippen LogP contribution in [0.25, 0.3) is 11.0 Å². The fraction of sp³-hybridized carbons (Fsp3) is 0.217. The molecule has 3 aromatic rings. The molecule has 0 aliphatic heterocycles. The van der Waals surface area contributed by atoms with Gasteiger partial charge in [-0.25, -0.2) is 9.59 Å². The lowest BCUT2D eigenvalue weighted by molar-refractivity contribution is -0.155. The van der Waals surface area contributed by atoms with Gasteiger partial charge in [-0.15, -0.1) is 0 Å². The van der Waals surface area contributed by atoms with E-state index in [2.05, 4.69) is 10.6 Å². The number of aryl methyl sites for hydroxylation is 1. The number of esters is 1. The van der Waals surface area contributed by atoms with E-state index in [0.29, 0.717) is 22.7 Å². The third-order valence-corrected chi connectivity index (χ3v) is 4.43. The number of rotatable bonds is 7. The SMILES string of the molecule is CC(=O)Nc1ccc(NC(=O)C(C)OC(=O)COc2ccc3c(C)cc(=O)oc3c2)cc1. The van der Waals surface area contributed by atoms with Crippen LogP contribution in [0, 0.1) is 6.92 Å². The molecule has 32 heavy (non-hydrogen) atoms. The van der Waals surface area contributed by atoms with Crippen LogP contribution in [0.2, 0.25) is 0 Å². The molecule has 2 aromatic carbocycles. The maximum atomic E-state index is 12.3. The van der Waals surface area contributed by atoms with E-state index in [1.165, 1.54) is 26.0 Å². The average Bonchev–Trinajstić information content (AvgIpc) is 2.72. The monoisotopic (exact) mass is 438 g/mol. The third-order valence-electron chi connectivity index (χ3n) is 4.43. The van der Waals surface area contributed by atoms with E-state index in [0.717, 1.165) is 10.9 Å². The molecule has 9 nitrogen and oxygen atoms in total. The minimum Gasteiger partial charge on any atom is -0.482 e. The van der Waals surface area contributed by atoms with Crippen molar-refractivity contribution in [3.63, 3.8) is 0 Å². The van der Waals surface area contributed by atoms with Gasteiger partial charge in [-0.2, -0.15) is 0 Å². The molecule has 2 N–H and O–H groups in total. The highest BCUT2D eigenvalue weighted by atomic mass is 16.6. The lowest BCUT2D eigenvalue weighted by Crippen LogP contribution is -2.31. The van der Waals surface area contributed by atoms with Crippen molar-refractivity contribution in [3.8, 4) is 5.75 Å². The van der Waals surface area contributed by atoms with E-state index in [1.807, 2.05) is 0 Å². The van der Waals surface area contributed by atoms with Crippen LogP contribution in [-0.2, 0) is 19.1 Å². The molecule has 9 heteroatoms. The van der Waals surface area contributed by atoms with Crippen LogP contribution < -0.4 is 21.0 Å². The lowest BCUT2D eigenvalue weighted by Gasteiger charge is -2.14. The van der Waals surface area contributed by atoms with Gasteiger partial charge < -0.3 is 24.5 Å². The van der Waals surface area contributed by atoms with Gasteiger partial charge in [-0.05, 0) is 55.8 Å². The molecule has 0 aliphatic rings. The normalized spacial score (nSPS) is 11.5. The fourth-order valence-electron chi connectivity index (χ4n) is 2.91. The van der Waals surface area contributed by atoms with E-state index < -0.39 is 30.2 Å². The highest BCUT2D eigenvalue weighted by molar-refractivity contribution is 5.95. The molecule has 1 aromatic heterocycles. The number of anilines is 2. The average molecular weight is 438 g/mol. The number of nitrogens with one attached hydrogen (secondary N) is 2. The van der Waals surface area contributed by atoms with Gasteiger partial charge in [0.1, 0.15) is 11.3 Å². The number of amides is 2. The zero-order valence-electron chi connectivity index (χ0n) is 17.8. The topological polar surface area (TPSA) is 124 Å². The second-order valence-electron chi connectivity index (χ2n) is 7.07. The summed E-state index contributed by atoms with van der Waals surface area (Å²) in [6.07, 6.45) is -1.06. The molecule has 1 heterocycles. The first-order valence-corrected chi connectivity index (χ1v) is 9.76. The first-order chi connectivity index (χ1) is 15.2. The number of carbonyl (C=O) groups is 3. The van der Waals surface area contributed by atoms with Crippen molar-refractivity contribution in [2.45, 2.75) is 26.9 Å². The van der Waals surface area contributed by atoms with E-state index >= 15 is 0 Å². The fourth-order valence-corrected chi connectivity index (χ4v) is 2.91. The summed E-state index contributed by atoms with van der Waals surface area (Å²) in [6, 6.07) is 12.8. The molecule has 0 bridgehead atoms. The minimum absolute atomic E-state index is 0.201. The van der Waals surface area contributed by atoms with Crippen molar-refractivity contribution in [1.82, 2.24) is 0 Å². The first kappa shape index (κ1) is 22.5. The van der Waals surface area contributed by atoms with Crippen molar-refractivity contribution in [2.75, 3.05) is 17.2 Å². The van der Waals surface area contributed by atoms with Gasteiger partial charge in [0.2, 0.25) is 5.91 Å². The van der Waals surface area contributed by atoms with Gasteiger partial charge in [0.15, 0.2) is 12.7 Å². The molecule has 0 aliphatic carbocycles. The van der Waals surface area contributed by atoms with Crippen LogP contribution in [0.3, 0.4) is 0 Å². The summed E-state index contributed by atoms with van der Waals surface area (Å²) in [5, 5.41) is 6.00. The number of hydrogen-bond acceptors (Lipinski definition) is 7. The van der Waals surface area contributed by atoms with E-state index in [-0.39, 0.29) is 5.91 Å². The molecule has 166 valence electrons. The molecule has 0 saturated heterocycles. The highest BCUT2D eigenvalue weighted by Crippen LogP contribution is 2.22. The standard InChI is InChI=1S/C23H22N2O7/c1-13-10-21(27)32-20-11-18(8-9-19(13)20)30-12-22(28)31-14(2)23(29)25-17-6-4-16(5-7-17)24-15(3)26/h4-11,14H,12H2,1-3H3,(H,24,26)(H,25,29). The summed E-state index contributed by atoms with van der Waals surface area (Å²) >= 11 is 0. The Kier molecular flexibility index (Phi) is 6.89. The Morgan fingerprint density at radius 3 is 2.31 bits per heavy atom. The second-order valence-corrected chi connectivity index (χ2v) is 7.07. The van der Waals surface area contributed by atoms with E-state index in [4.69, 9.17) is 13.9 Å². The Hall–Kier alpha value is -4.14. The molecule has 2 amide bonds. The van der Waals surface area contributed by atoms with Crippen molar-refractivity contribution >= 4 is 40.1 Å². The first-order valence-electron chi connectivity index (χ1n) is 9.76. The molecule has 0 radical (unpaired) electrons. The largest absolute Gasteiger partial charge is 0.482 e. The van der Waals surface area contributed by atoms with Crippen molar-refractivity contribution in [3.05, 3.63) is 64.5 Å². The third kappa shape index (κ3) is 5.94. The number of hydrogen-bond donors (Lipinski definition) is 2. The molecule has 0 spiro atoms. The Balaban J connectivity index is 1.52. The Labute approximate surface area is 183 Å². The Morgan fingerprint density at radius 1 is 1.00 bits per heavy atom. The number of ether oxygens (including phenoxy) is 2. The number of benzene rings is 2. The summed E-state index contributed by atoms with van der Waals surface area (Å²) in [4.78, 5) is 46.9. The van der Waals surface area contributed by atoms with Crippen LogP contribution >= 0.6 is 0 Å². The van der Waals surface area contributed by atoms with Crippen molar-refractivity contribution in [2.24, 2.45) is 0 Å². The lowest BCUT2D eigenvalue weighted by atomic mass is 10.1. The molecule has 1 unspecified atom stereocenters. The van der Waals surface area contributed by atoms with E-state index in [9.17, 15) is 19.2 Å². The molecule has 3 rings (SSSR count). The number of carbonyl (C=O) groups excluding carboxylic acids is 3. The van der Waals surface area contributed by atoms with Gasteiger partial charge >= 0.3 is 11.6 Å². The number of fused-ring (bicyclic) bond motifs is 1. The summed E-state index contributed by atoms with van der Waals surface area (Å²) in [5.74, 6) is -1.14. The van der Waals surface area contributed by atoms with Crippen molar-refractivity contribution < 1.29 is 28.3 Å². The van der Waals surface area contributed by atoms with Crippen LogP contribution in [0.1, 0.15) is 19.4 Å². The van der Waals surface area contributed by atoms with Gasteiger partial charge in [0.25, 0.3) is 5.91 Å². The molecule has 0 fully saturated rings. The van der Waals surface area contributed by atoms with Crippen LogP contribution in [-0.4, -0.2) is 30.5 Å². The van der Waals surface area contributed by atoms with Crippen LogP contribution in [0.5, 0.6) is 5.75 Å². The zero-order valence-corrected chi connectivity index (χ0v) is 17.8. The smallest absolute Gasteiger partial charge is 0.344 e. The molecular weight excluding hydrogens is 416 g/mol. The van der Waals surface area contributed by atoms with Gasteiger partial charge in [-0.3, -0.25) is 9.59 Å². The highest BCUT2D eigenvalue weighted by Gasteiger charge is 2.18. The van der Waals surface area contributed by atoms with Crippen molar-refractivity contribution in [1.29, 1.82) is 0 Å². The van der Waals surface area contributed by atoms with E-state index in [1.54, 1.807) is 43.3 Å². The van der Waals surface area contributed by atoms with Gasteiger partial charge in [-0.1, -0.05) is 0 Å². The quantitative estimate of drug-likeness (QED) is 0.429. The van der Waals surface area contributed by atoms with Gasteiger partial charge in [0, 0.05) is 35.8 Å². The molecular formula is C23H22N2O7. The summed E-state index contributed by atoms with van der Waals surface area (Å²) in [6.45, 7) is 4.20. The zero-order chi connectivity index (χ0) is 23.3. The predicted molar refractivity (Wildman–Crippen MR) is 118 cm³/mol. The minimum atomic E-state index is -1.06. The van der Waals surface area contributed by atoms with Crippen LogP contribution in [0.4, 0.5) is 11.4 Å². The molecule has 0 saturated carbocycles.